The Hall–Kier alpha value is -1.99. The Morgan fingerprint density at radius 2 is 1.84 bits per heavy atom. The van der Waals surface area contributed by atoms with E-state index in [1.807, 2.05) is 12.1 Å². The summed E-state index contributed by atoms with van der Waals surface area (Å²) in [5.41, 5.74) is -1.07. The van der Waals surface area contributed by atoms with Gasteiger partial charge in [-0.1, -0.05) is 36.4 Å². The van der Waals surface area contributed by atoms with Gasteiger partial charge in [0.15, 0.2) is 0 Å². The minimum atomic E-state index is -4.61. The molecular formula is C18H16F3NO2S. The van der Waals surface area contributed by atoms with Crippen molar-refractivity contribution in [3.8, 4) is 0 Å². The third kappa shape index (κ3) is 3.67. The first kappa shape index (κ1) is 17.8. The van der Waals surface area contributed by atoms with Gasteiger partial charge in [0, 0.05) is 11.5 Å². The quantitative estimate of drug-likeness (QED) is 0.872. The van der Waals surface area contributed by atoms with Gasteiger partial charge in [-0.15, -0.1) is 0 Å². The van der Waals surface area contributed by atoms with Crippen LogP contribution in [0.25, 0.3) is 0 Å². The number of hydrogen-bond donors (Lipinski definition) is 2. The van der Waals surface area contributed by atoms with E-state index in [4.69, 9.17) is 0 Å². The lowest BCUT2D eigenvalue weighted by Gasteiger charge is -2.34. The Bertz CT molecular complexity index is 794. The highest BCUT2D eigenvalue weighted by Gasteiger charge is 2.37. The van der Waals surface area contributed by atoms with Gasteiger partial charge in [-0.2, -0.15) is 24.9 Å². The molecule has 0 saturated heterocycles. The van der Waals surface area contributed by atoms with Crippen molar-refractivity contribution in [3.63, 3.8) is 0 Å². The third-order valence-corrected chi connectivity index (χ3v) is 5.33. The summed E-state index contributed by atoms with van der Waals surface area (Å²) >= 11 is 1.52. The van der Waals surface area contributed by atoms with Crippen LogP contribution in [-0.4, -0.2) is 23.3 Å². The molecule has 1 aliphatic rings. The van der Waals surface area contributed by atoms with Crippen molar-refractivity contribution in [1.29, 1.82) is 0 Å². The van der Waals surface area contributed by atoms with E-state index in [1.165, 1.54) is 23.9 Å². The van der Waals surface area contributed by atoms with Gasteiger partial charge >= 0.3 is 6.18 Å². The van der Waals surface area contributed by atoms with Crippen LogP contribution in [-0.2, 0) is 17.5 Å². The van der Waals surface area contributed by atoms with Crippen LogP contribution in [0.5, 0.6) is 0 Å². The molecule has 1 unspecified atom stereocenters. The Balaban J connectivity index is 1.80. The number of benzene rings is 2. The van der Waals surface area contributed by atoms with E-state index >= 15 is 0 Å². The van der Waals surface area contributed by atoms with Crippen LogP contribution >= 0.6 is 11.8 Å². The van der Waals surface area contributed by atoms with Crippen LogP contribution in [0.2, 0.25) is 0 Å². The molecular weight excluding hydrogens is 351 g/mol. The second-order valence-corrected chi connectivity index (χ2v) is 6.89. The number of nitrogens with one attached hydrogen (secondary N) is 1. The fourth-order valence-electron chi connectivity index (χ4n) is 2.90. The van der Waals surface area contributed by atoms with Gasteiger partial charge < -0.3 is 10.4 Å². The summed E-state index contributed by atoms with van der Waals surface area (Å²) in [6.45, 7) is -0.151. The first-order chi connectivity index (χ1) is 11.8. The summed E-state index contributed by atoms with van der Waals surface area (Å²) in [6.07, 6.45) is -4.61. The monoisotopic (exact) mass is 367 g/mol. The van der Waals surface area contributed by atoms with E-state index < -0.39 is 28.8 Å². The zero-order valence-corrected chi connectivity index (χ0v) is 14.0. The molecule has 0 aliphatic carbocycles. The summed E-state index contributed by atoms with van der Waals surface area (Å²) in [5, 5.41) is 13.4. The van der Waals surface area contributed by atoms with Crippen LogP contribution in [0.3, 0.4) is 0 Å². The number of hydrogen-bond acceptors (Lipinski definition) is 3. The summed E-state index contributed by atoms with van der Waals surface area (Å²) in [5.74, 6) is 0.267. The predicted molar refractivity (Wildman–Crippen MR) is 90.3 cm³/mol. The molecule has 2 aromatic rings. The average Bonchev–Trinajstić information content (AvgIpc) is 2.59. The van der Waals surface area contributed by atoms with Crippen LogP contribution in [0.1, 0.15) is 27.0 Å². The van der Waals surface area contributed by atoms with Crippen molar-refractivity contribution >= 4 is 17.7 Å². The number of thioether (sulfide) groups is 1. The molecule has 132 valence electrons. The molecule has 0 spiro atoms. The summed E-state index contributed by atoms with van der Waals surface area (Å²) < 4.78 is 39.1. The van der Waals surface area contributed by atoms with Gasteiger partial charge in [0.05, 0.1) is 17.7 Å². The molecule has 0 fully saturated rings. The van der Waals surface area contributed by atoms with E-state index in [9.17, 15) is 23.1 Å². The second-order valence-electron chi connectivity index (χ2n) is 5.91. The zero-order valence-electron chi connectivity index (χ0n) is 13.1. The highest BCUT2D eigenvalue weighted by Crippen LogP contribution is 2.36. The van der Waals surface area contributed by atoms with Gasteiger partial charge in [0.25, 0.3) is 5.91 Å². The Morgan fingerprint density at radius 3 is 2.60 bits per heavy atom. The van der Waals surface area contributed by atoms with Gasteiger partial charge in [-0.05, 0) is 23.3 Å². The van der Waals surface area contributed by atoms with E-state index in [0.717, 1.165) is 23.4 Å². The molecule has 3 nitrogen and oxygen atoms in total. The molecule has 0 radical (unpaired) electrons. The largest absolute Gasteiger partial charge is 0.417 e. The second kappa shape index (κ2) is 6.72. The smallest absolute Gasteiger partial charge is 0.382 e. The van der Waals surface area contributed by atoms with Crippen molar-refractivity contribution in [2.24, 2.45) is 0 Å². The molecule has 0 bridgehead atoms. The normalized spacial score (nSPS) is 20.0. The predicted octanol–water partition coefficient (Wildman–Crippen LogP) is 3.57. The number of halogens is 3. The van der Waals surface area contributed by atoms with Crippen LogP contribution in [0, 0.1) is 0 Å². The van der Waals surface area contributed by atoms with E-state index in [-0.39, 0.29) is 6.54 Å². The Kier molecular flexibility index (Phi) is 4.79. The van der Waals surface area contributed by atoms with Crippen LogP contribution in [0.15, 0.2) is 48.5 Å². The Morgan fingerprint density at radius 1 is 1.16 bits per heavy atom. The summed E-state index contributed by atoms with van der Waals surface area (Å²) in [4.78, 5) is 12.3. The van der Waals surface area contributed by atoms with Crippen LogP contribution < -0.4 is 5.32 Å². The summed E-state index contributed by atoms with van der Waals surface area (Å²) in [7, 11) is 0. The number of aliphatic hydroxyl groups is 1. The first-order valence-corrected chi connectivity index (χ1v) is 8.80. The van der Waals surface area contributed by atoms with Crippen LogP contribution in [0.4, 0.5) is 13.2 Å². The fourth-order valence-corrected chi connectivity index (χ4v) is 4.07. The number of fused-ring (bicyclic) bond motifs is 1. The molecule has 25 heavy (non-hydrogen) atoms. The first-order valence-electron chi connectivity index (χ1n) is 7.64. The fraction of sp³-hybridized carbons (Fsp3) is 0.278. The molecule has 1 aliphatic heterocycles. The molecule has 0 saturated carbocycles. The summed E-state index contributed by atoms with van der Waals surface area (Å²) in [6, 6.07) is 12.0. The lowest BCUT2D eigenvalue weighted by atomic mass is 9.91. The maximum Gasteiger partial charge on any atom is 0.417 e. The minimum Gasteiger partial charge on any atom is -0.382 e. The minimum absolute atomic E-state index is 0.151. The molecule has 2 N–H and O–H groups in total. The zero-order chi connectivity index (χ0) is 18.1. The van der Waals surface area contributed by atoms with E-state index in [1.54, 1.807) is 12.1 Å². The Labute approximate surface area is 147 Å². The van der Waals surface area contributed by atoms with Gasteiger partial charge in [-0.25, -0.2) is 0 Å². The maximum atomic E-state index is 13.0. The van der Waals surface area contributed by atoms with Crippen molar-refractivity contribution in [2.75, 3.05) is 12.3 Å². The molecule has 1 heterocycles. The topological polar surface area (TPSA) is 49.3 Å². The SMILES string of the molecule is O=C(NCC1(O)CSCc2ccccc21)c1ccccc1C(F)(F)F. The van der Waals surface area contributed by atoms with Crippen molar-refractivity contribution in [3.05, 3.63) is 70.8 Å². The number of rotatable bonds is 3. The lowest BCUT2D eigenvalue weighted by molar-refractivity contribution is -0.137. The maximum absolute atomic E-state index is 13.0. The number of carbonyl (C=O) groups is 1. The van der Waals surface area contributed by atoms with Crippen molar-refractivity contribution < 1.29 is 23.1 Å². The van der Waals surface area contributed by atoms with Crippen molar-refractivity contribution in [1.82, 2.24) is 5.32 Å². The molecule has 0 aromatic heterocycles. The van der Waals surface area contributed by atoms with Crippen molar-refractivity contribution in [2.45, 2.75) is 17.5 Å². The van der Waals surface area contributed by atoms with E-state index in [0.29, 0.717) is 11.3 Å². The van der Waals surface area contributed by atoms with Gasteiger partial charge in [0.2, 0.25) is 0 Å². The number of amides is 1. The molecule has 3 rings (SSSR count). The van der Waals surface area contributed by atoms with E-state index in [2.05, 4.69) is 5.32 Å². The van der Waals surface area contributed by atoms with Gasteiger partial charge in [-0.3, -0.25) is 4.79 Å². The molecule has 1 amide bonds. The average molecular weight is 367 g/mol. The van der Waals surface area contributed by atoms with Gasteiger partial charge in [0.1, 0.15) is 5.60 Å². The molecule has 1 atom stereocenters. The highest BCUT2D eigenvalue weighted by atomic mass is 32.2. The lowest BCUT2D eigenvalue weighted by Crippen LogP contribution is -2.44. The molecule has 2 aromatic carbocycles. The molecule has 7 heteroatoms. The third-order valence-electron chi connectivity index (χ3n) is 4.14. The number of alkyl halides is 3. The standard InChI is InChI=1S/C18H16F3NO2S/c19-18(20,21)15-8-4-2-6-13(15)16(23)22-10-17(24)11-25-9-12-5-1-3-7-14(12)17/h1-8,24H,9-11H2,(H,22,23). The number of carbonyl (C=O) groups excluding carboxylic acids is 1. The highest BCUT2D eigenvalue weighted by molar-refractivity contribution is 7.98.